The van der Waals surface area contributed by atoms with Crippen molar-refractivity contribution in [1.29, 1.82) is 0 Å². The molecular formula is C13H15NO2. The van der Waals surface area contributed by atoms with Gasteiger partial charge in [-0.25, -0.2) is 0 Å². The maximum absolute atomic E-state index is 11.6. The van der Waals surface area contributed by atoms with E-state index in [1.165, 1.54) is 5.56 Å². The molecule has 1 aromatic rings. The number of benzene rings is 1. The zero-order valence-corrected chi connectivity index (χ0v) is 9.76. The van der Waals surface area contributed by atoms with E-state index in [0.717, 1.165) is 16.7 Å². The summed E-state index contributed by atoms with van der Waals surface area (Å²) in [7, 11) is 0. The summed E-state index contributed by atoms with van der Waals surface area (Å²) in [6.45, 7) is 6.01. The molecule has 0 radical (unpaired) electrons. The molecule has 3 heteroatoms. The average Bonchev–Trinajstić information content (AvgIpc) is 2.43. The molecule has 0 saturated carbocycles. The van der Waals surface area contributed by atoms with Crippen LogP contribution < -0.4 is 5.32 Å². The highest BCUT2D eigenvalue weighted by molar-refractivity contribution is 6.06. The number of imide groups is 1. The summed E-state index contributed by atoms with van der Waals surface area (Å²) in [6, 6.07) is 4.11. The van der Waals surface area contributed by atoms with Crippen LogP contribution in [0.4, 0.5) is 0 Å². The smallest absolute Gasteiger partial charge is 0.234 e. The largest absolute Gasteiger partial charge is 0.296 e. The van der Waals surface area contributed by atoms with Gasteiger partial charge in [-0.2, -0.15) is 0 Å². The summed E-state index contributed by atoms with van der Waals surface area (Å²) in [5, 5.41) is 2.36. The first-order chi connectivity index (χ1) is 7.49. The fourth-order valence-electron chi connectivity index (χ4n) is 2.53. The average molecular weight is 217 g/mol. The predicted molar refractivity (Wildman–Crippen MR) is 61.2 cm³/mol. The van der Waals surface area contributed by atoms with Crippen molar-refractivity contribution in [2.75, 3.05) is 0 Å². The molecule has 1 fully saturated rings. The topological polar surface area (TPSA) is 46.2 Å². The Kier molecular flexibility index (Phi) is 2.54. The molecule has 1 heterocycles. The van der Waals surface area contributed by atoms with Crippen LogP contribution in [0.25, 0.3) is 0 Å². The van der Waals surface area contributed by atoms with Crippen molar-refractivity contribution in [2.24, 2.45) is 0 Å². The van der Waals surface area contributed by atoms with Gasteiger partial charge in [-0.1, -0.05) is 17.7 Å². The van der Waals surface area contributed by atoms with E-state index < -0.39 is 0 Å². The van der Waals surface area contributed by atoms with E-state index in [4.69, 9.17) is 0 Å². The second-order valence-corrected chi connectivity index (χ2v) is 4.48. The molecule has 1 aliphatic rings. The molecule has 1 saturated heterocycles. The SMILES string of the molecule is Cc1cc(C)c(C2CC(=O)NC2=O)c(C)c1. The minimum Gasteiger partial charge on any atom is -0.296 e. The Hall–Kier alpha value is -1.64. The van der Waals surface area contributed by atoms with Gasteiger partial charge in [-0.15, -0.1) is 0 Å². The van der Waals surface area contributed by atoms with Gasteiger partial charge in [-0.05, 0) is 37.5 Å². The van der Waals surface area contributed by atoms with Crippen LogP contribution in [0.15, 0.2) is 12.1 Å². The standard InChI is InChI=1S/C13H15NO2/c1-7-4-8(2)12(9(3)5-7)10-6-11(15)14-13(10)16/h4-5,10H,6H2,1-3H3,(H,14,15,16). The molecule has 0 aromatic heterocycles. The summed E-state index contributed by atoms with van der Waals surface area (Å²) in [4.78, 5) is 22.8. The monoisotopic (exact) mass is 217 g/mol. The van der Waals surface area contributed by atoms with Gasteiger partial charge in [-0.3, -0.25) is 14.9 Å². The van der Waals surface area contributed by atoms with Crippen LogP contribution in [0.1, 0.15) is 34.6 Å². The fraction of sp³-hybridized carbons (Fsp3) is 0.385. The first-order valence-corrected chi connectivity index (χ1v) is 5.40. The molecule has 2 amide bonds. The fourth-order valence-corrected chi connectivity index (χ4v) is 2.53. The third-order valence-electron chi connectivity index (χ3n) is 3.06. The zero-order valence-electron chi connectivity index (χ0n) is 9.76. The van der Waals surface area contributed by atoms with Gasteiger partial charge in [0.1, 0.15) is 0 Å². The van der Waals surface area contributed by atoms with Gasteiger partial charge in [0.15, 0.2) is 0 Å². The molecule has 0 bridgehead atoms. The zero-order chi connectivity index (χ0) is 11.9. The second-order valence-electron chi connectivity index (χ2n) is 4.48. The Morgan fingerprint density at radius 3 is 2.12 bits per heavy atom. The van der Waals surface area contributed by atoms with E-state index in [1.54, 1.807) is 0 Å². The van der Waals surface area contributed by atoms with Crippen LogP contribution in [-0.2, 0) is 9.59 Å². The lowest BCUT2D eigenvalue weighted by atomic mass is 9.88. The number of nitrogens with one attached hydrogen (secondary N) is 1. The molecule has 0 aliphatic carbocycles. The molecule has 1 atom stereocenters. The number of rotatable bonds is 1. The number of aryl methyl sites for hydroxylation is 3. The Labute approximate surface area is 94.9 Å². The first-order valence-electron chi connectivity index (χ1n) is 5.40. The van der Waals surface area contributed by atoms with Crippen molar-refractivity contribution < 1.29 is 9.59 Å². The third kappa shape index (κ3) is 1.73. The van der Waals surface area contributed by atoms with Crippen molar-refractivity contribution >= 4 is 11.8 Å². The van der Waals surface area contributed by atoms with Crippen molar-refractivity contribution in [1.82, 2.24) is 5.32 Å². The Morgan fingerprint density at radius 2 is 1.69 bits per heavy atom. The highest BCUT2D eigenvalue weighted by Gasteiger charge is 2.33. The van der Waals surface area contributed by atoms with E-state index in [9.17, 15) is 9.59 Å². The lowest BCUT2D eigenvalue weighted by Gasteiger charge is -2.14. The maximum atomic E-state index is 11.6. The van der Waals surface area contributed by atoms with Gasteiger partial charge in [0, 0.05) is 6.42 Å². The van der Waals surface area contributed by atoms with Crippen molar-refractivity contribution in [3.63, 3.8) is 0 Å². The summed E-state index contributed by atoms with van der Waals surface area (Å²) in [6.07, 6.45) is 0.281. The molecule has 84 valence electrons. The van der Waals surface area contributed by atoms with E-state index in [1.807, 2.05) is 20.8 Å². The van der Waals surface area contributed by atoms with Gasteiger partial charge in [0.2, 0.25) is 11.8 Å². The third-order valence-corrected chi connectivity index (χ3v) is 3.06. The Morgan fingerprint density at radius 1 is 1.12 bits per heavy atom. The maximum Gasteiger partial charge on any atom is 0.234 e. The number of carbonyl (C=O) groups excluding carboxylic acids is 2. The van der Waals surface area contributed by atoms with Gasteiger partial charge >= 0.3 is 0 Å². The van der Waals surface area contributed by atoms with Crippen LogP contribution in [0.5, 0.6) is 0 Å². The molecule has 1 aromatic carbocycles. The molecule has 0 spiro atoms. The lowest BCUT2D eigenvalue weighted by Crippen LogP contribution is -2.22. The minimum atomic E-state index is -0.298. The number of amides is 2. The number of hydrogen-bond acceptors (Lipinski definition) is 2. The van der Waals surface area contributed by atoms with E-state index >= 15 is 0 Å². The first kappa shape index (κ1) is 10.9. The van der Waals surface area contributed by atoms with Crippen LogP contribution >= 0.6 is 0 Å². The molecule has 1 aliphatic heterocycles. The van der Waals surface area contributed by atoms with Gasteiger partial charge in [0.25, 0.3) is 0 Å². The summed E-state index contributed by atoms with van der Waals surface area (Å²) in [5.74, 6) is -0.637. The van der Waals surface area contributed by atoms with Crippen LogP contribution in [0.3, 0.4) is 0 Å². The lowest BCUT2D eigenvalue weighted by molar-refractivity contribution is -0.125. The summed E-state index contributed by atoms with van der Waals surface area (Å²) < 4.78 is 0. The van der Waals surface area contributed by atoms with E-state index in [2.05, 4.69) is 17.4 Å². The van der Waals surface area contributed by atoms with E-state index in [-0.39, 0.29) is 24.2 Å². The van der Waals surface area contributed by atoms with Crippen LogP contribution in [0, 0.1) is 20.8 Å². The van der Waals surface area contributed by atoms with Crippen LogP contribution in [0.2, 0.25) is 0 Å². The second kappa shape index (κ2) is 3.74. The Bertz CT molecular complexity index is 454. The predicted octanol–water partition coefficient (Wildman–Crippen LogP) is 1.74. The molecular weight excluding hydrogens is 202 g/mol. The molecule has 16 heavy (non-hydrogen) atoms. The highest BCUT2D eigenvalue weighted by Crippen LogP contribution is 2.30. The summed E-state index contributed by atoms with van der Waals surface area (Å²) >= 11 is 0. The molecule has 1 unspecified atom stereocenters. The Balaban J connectivity index is 2.48. The van der Waals surface area contributed by atoms with Crippen molar-refractivity contribution in [3.05, 3.63) is 34.4 Å². The summed E-state index contributed by atoms with van der Waals surface area (Å²) in [5.41, 5.74) is 4.37. The number of hydrogen-bond donors (Lipinski definition) is 1. The molecule has 3 nitrogen and oxygen atoms in total. The molecule has 2 rings (SSSR count). The van der Waals surface area contributed by atoms with Crippen molar-refractivity contribution in [3.8, 4) is 0 Å². The minimum absolute atomic E-state index is 0.167. The quantitative estimate of drug-likeness (QED) is 0.728. The normalized spacial score (nSPS) is 20.1. The molecule has 1 N–H and O–H groups in total. The van der Waals surface area contributed by atoms with Gasteiger partial charge < -0.3 is 0 Å². The highest BCUT2D eigenvalue weighted by atomic mass is 16.2. The number of carbonyl (C=O) groups is 2. The van der Waals surface area contributed by atoms with Gasteiger partial charge in [0.05, 0.1) is 5.92 Å². The van der Waals surface area contributed by atoms with E-state index in [0.29, 0.717) is 0 Å². The van der Waals surface area contributed by atoms with Crippen molar-refractivity contribution in [2.45, 2.75) is 33.1 Å². The van der Waals surface area contributed by atoms with Crippen LogP contribution in [-0.4, -0.2) is 11.8 Å².